The van der Waals surface area contributed by atoms with Gasteiger partial charge in [0.05, 0.1) is 0 Å². The molecule has 3 heteroatoms. The topological polar surface area (TPSA) is 26.3 Å². The van der Waals surface area contributed by atoms with Crippen LogP contribution in [0, 0.1) is 0 Å². The third-order valence-electron chi connectivity index (χ3n) is 1.26. The van der Waals surface area contributed by atoms with E-state index in [1.165, 1.54) is 0 Å². The Morgan fingerprint density at radius 1 is 1.36 bits per heavy atom. The van der Waals surface area contributed by atoms with E-state index in [0.29, 0.717) is 18.1 Å². The molecule has 0 aliphatic rings. The van der Waals surface area contributed by atoms with Crippen LogP contribution >= 0.6 is 11.6 Å². The van der Waals surface area contributed by atoms with Gasteiger partial charge in [-0.3, -0.25) is 4.79 Å². The van der Waals surface area contributed by atoms with Crippen LogP contribution in [0.3, 0.4) is 0 Å². The molecule has 0 aliphatic heterocycles. The average Bonchev–Trinajstić information content (AvgIpc) is 2.07. The largest absolute Gasteiger partial charge is 0.429 e. The Balaban J connectivity index is 2.74. The summed E-state index contributed by atoms with van der Waals surface area (Å²) in [5, 5.41) is 0. The summed E-state index contributed by atoms with van der Waals surface area (Å²) in [5.74, 6) is 1.01. The molecule has 0 heterocycles. The molecular formula is C8H7ClO2. The van der Waals surface area contributed by atoms with Crippen molar-refractivity contribution in [1.82, 2.24) is 0 Å². The maximum Gasteiger partial charge on any atom is 0.298 e. The van der Waals surface area contributed by atoms with Crippen molar-refractivity contribution in [2.24, 2.45) is 0 Å². The van der Waals surface area contributed by atoms with Crippen molar-refractivity contribution in [2.45, 2.75) is 5.88 Å². The summed E-state index contributed by atoms with van der Waals surface area (Å²) in [6, 6.07) is 7.02. The molecule has 58 valence electrons. The number of hydrogen-bond acceptors (Lipinski definition) is 2. The first-order valence-electron chi connectivity index (χ1n) is 3.12. The van der Waals surface area contributed by atoms with Gasteiger partial charge in [0.2, 0.25) is 0 Å². The highest BCUT2D eigenvalue weighted by molar-refractivity contribution is 6.17. The Kier molecular flexibility index (Phi) is 2.93. The summed E-state index contributed by atoms with van der Waals surface area (Å²) in [4.78, 5) is 9.88. The van der Waals surface area contributed by atoms with Crippen LogP contribution in [0.15, 0.2) is 24.3 Å². The lowest BCUT2D eigenvalue weighted by molar-refractivity contribution is -0.120. The summed E-state index contributed by atoms with van der Waals surface area (Å²) >= 11 is 5.55. The fourth-order valence-corrected chi connectivity index (χ4v) is 0.891. The van der Waals surface area contributed by atoms with E-state index in [2.05, 4.69) is 4.74 Å². The van der Waals surface area contributed by atoms with Crippen LogP contribution in [0.4, 0.5) is 0 Å². The molecule has 0 aliphatic carbocycles. The Hall–Kier alpha value is -1.02. The number of halogens is 1. The summed E-state index contributed by atoms with van der Waals surface area (Å²) in [6.07, 6.45) is 0. The molecule has 0 radical (unpaired) electrons. The standard InChI is InChI=1S/C8H7ClO2/c9-5-7-1-3-8(4-2-7)11-6-10/h1-4,6H,5H2. The van der Waals surface area contributed by atoms with E-state index in [-0.39, 0.29) is 0 Å². The zero-order chi connectivity index (χ0) is 8.10. The van der Waals surface area contributed by atoms with Gasteiger partial charge in [0.15, 0.2) is 0 Å². The third-order valence-corrected chi connectivity index (χ3v) is 1.57. The van der Waals surface area contributed by atoms with E-state index in [0.717, 1.165) is 5.56 Å². The molecule has 1 rings (SSSR count). The minimum atomic E-state index is 0.399. The van der Waals surface area contributed by atoms with Crippen molar-refractivity contribution in [3.63, 3.8) is 0 Å². The van der Waals surface area contributed by atoms with Gasteiger partial charge in [-0.05, 0) is 17.7 Å². The normalized spacial score (nSPS) is 9.18. The summed E-state index contributed by atoms with van der Waals surface area (Å²) in [7, 11) is 0. The quantitative estimate of drug-likeness (QED) is 0.512. The minimum Gasteiger partial charge on any atom is -0.429 e. The van der Waals surface area contributed by atoms with Gasteiger partial charge in [-0.2, -0.15) is 0 Å². The van der Waals surface area contributed by atoms with Crippen molar-refractivity contribution in [3.05, 3.63) is 29.8 Å². The average molecular weight is 171 g/mol. The van der Waals surface area contributed by atoms with E-state index in [1.54, 1.807) is 12.1 Å². The van der Waals surface area contributed by atoms with E-state index in [4.69, 9.17) is 11.6 Å². The maximum atomic E-state index is 9.88. The van der Waals surface area contributed by atoms with Gasteiger partial charge >= 0.3 is 0 Å². The number of benzene rings is 1. The number of hydrogen-bond donors (Lipinski definition) is 0. The molecule has 0 bridgehead atoms. The van der Waals surface area contributed by atoms with E-state index < -0.39 is 0 Å². The number of carbonyl (C=O) groups is 1. The highest BCUT2D eigenvalue weighted by Crippen LogP contribution is 2.12. The Bertz CT molecular complexity index is 230. The molecule has 2 nitrogen and oxygen atoms in total. The highest BCUT2D eigenvalue weighted by Gasteiger charge is 1.91. The summed E-state index contributed by atoms with van der Waals surface area (Å²) in [5.41, 5.74) is 1.00. The zero-order valence-corrected chi connectivity index (χ0v) is 6.54. The van der Waals surface area contributed by atoms with E-state index >= 15 is 0 Å². The van der Waals surface area contributed by atoms with Gasteiger partial charge in [-0.15, -0.1) is 11.6 Å². The van der Waals surface area contributed by atoms with Crippen LogP contribution in [0.1, 0.15) is 5.56 Å². The monoisotopic (exact) mass is 170 g/mol. The van der Waals surface area contributed by atoms with Gasteiger partial charge in [-0.25, -0.2) is 0 Å². The predicted octanol–water partition coefficient (Wildman–Crippen LogP) is 1.96. The van der Waals surface area contributed by atoms with E-state index in [1.807, 2.05) is 12.1 Å². The second kappa shape index (κ2) is 3.98. The number of ether oxygens (including phenoxy) is 1. The van der Waals surface area contributed by atoms with Gasteiger partial charge in [-0.1, -0.05) is 12.1 Å². The molecule has 0 unspecified atom stereocenters. The molecule has 0 spiro atoms. The fourth-order valence-electron chi connectivity index (χ4n) is 0.713. The first-order chi connectivity index (χ1) is 5.36. The first kappa shape index (κ1) is 8.08. The molecule has 0 fully saturated rings. The van der Waals surface area contributed by atoms with Gasteiger partial charge in [0, 0.05) is 5.88 Å². The molecule has 0 N–H and O–H groups in total. The Morgan fingerprint density at radius 3 is 2.45 bits per heavy atom. The van der Waals surface area contributed by atoms with Crippen LogP contribution in [-0.4, -0.2) is 6.47 Å². The van der Waals surface area contributed by atoms with Crippen LogP contribution in [0.25, 0.3) is 0 Å². The Morgan fingerprint density at radius 2 is 2.00 bits per heavy atom. The van der Waals surface area contributed by atoms with Gasteiger partial charge in [0.1, 0.15) is 5.75 Å². The molecular weight excluding hydrogens is 164 g/mol. The van der Waals surface area contributed by atoms with Crippen LogP contribution < -0.4 is 4.74 Å². The van der Waals surface area contributed by atoms with Crippen molar-refractivity contribution in [3.8, 4) is 5.75 Å². The van der Waals surface area contributed by atoms with Crippen molar-refractivity contribution in [2.75, 3.05) is 0 Å². The second-order valence-electron chi connectivity index (χ2n) is 1.99. The second-order valence-corrected chi connectivity index (χ2v) is 2.26. The number of carbonyl (C=O) groups excluding carboxylic acids is 1. The first-order valence-corrected chi connectivity index (χ1v) is 3.65. The van der Waals surface area contributed by atoms with Gasteiger partial charge in [0.25, 0.3) is 6.47 Å². The van der Waals surface area contributed by atoms with Crippen molar-refractivity contribution < 1.29 is 9.53 Å². The number of rotatable bonds is 3. The van der Waals surface area contributed by atoms with Gasteiger partial charge < -0.3 is 4.74 Å². The smallest absolute Gasteiger partial charge is 0.298 e. The zero-order valence-electron chi connectivity index (χ0n) is 5.79. The molecule has 0 atom stereocenters. The molecule has 0 saturated heterocycles. The lowest BCUT2D eigenvalue weighted by Gasteiger charge is -1.97. The minimum absolute atomic E-state index is 0.399. The van der Waals surface area contributed by atoms with Crippen LogP contribution in [0.2, 0.25) is 0 Å². The van der Waals surface area contributed by atoms with Crippen LogP contribution in [0.5, 0.6) is 5.75 Å². The SMILES string of the molecule is O=COc1ccc(CCl)cc1. The molecule has 1 aromatic rings. The predicted molar refractivity (Wildman–Crippen MR) is 42.7 cm³/mol. The molecule has 0 amide bonds. The van der Waals surface area contributed by atoms with E-state index in [9.17, 15) is 4.79 Å². The molecule has 1 aromatic carbocycles. The molecule has 11 heavy (non-hydrogen) atoms. The fraction of sp³-hybridized carbons (Fsp3) is 0.125. The summed E-state index contributed by atoms with van der Waals surface area (Å²) < 4.78 is 4.58. The van der Waals surface area contributed by atoms with Crippen LogP contribution in [-0.2, 0) is 10.7 Å². The van der Waals surface area contributed by atoms with Crippen molar-refractivity contribution >= 4 is 18.1 Å². The molecule has 0 saturated carbocycles. The third kappa shape index (κ3) is 2.24. The maximum absolute atomic E-state index is 9.88. The lowest BCUT2D eigenvalue weighted by Crippen LogP contribution is -1.87. The molecule has 0 aromatic heterocycles. The Labute approximate surface area is 69.7 Å². The summed E-state index contributed by atoms with van der Waals surface area (Å²) in [6.45, 7) is 0.399. The highest BCUT2D eigenvalue weighted by atomic mass is 35.5. The van der Waals surface area contributed by atoms with Crippen molar-refractivity contribution in [1.29, 1.82) is 0 Å². The lowest BCUT2D eigenvalue weighted by atomic mass is 10.2. The number of alkyl halides is 1.